The number of sulfonamides is 1. The van der Waals surface area contributed by atoms with E-state index in [0.29, 0.717) is 24.0 Å². The summed E-state index contributed by atoms with van der Waals surface area (Å²) in [7, 11) is 3.95. The minimum Gasteiger partial charge on any atom is -0.497 e. The minimum atomic E-state index is -3.65. The molecule has 1 saturated carbocycles. The number of methoxy groups -OCH3 is 3. The van der Waals surface area contributed by atoms with Crippen LogP contribution in [-0.4, -0.2) is 71.5 Å². The molecule has 0 aromatic heterocycles. The van der Waals surface area contributed by atoms with Gasteiger partial charge in [-0.2, -0.15) is 0 Å². The molecule has 0 radical (unpaired) electrons. The Morgan fingerprint density at radius 1 is 1.00 bits per heavy atom. The second-order valence-corrected chi connectivity index (χ2v) is 10.2. The molecule has 1 N–H and O–H groups in total. The average Bonchev–Trinajstić information content (AvgIpc) is 3.63. The highest BCUT2D eigenvalue weighted by Gasteiger charge is 2.31. The molecule has 0 spiro atoms. The zero-order valence-corrected chi connectivity index (χ0v) is 20.4. The molecule has 2 aromatic carbocycles. The number of hydrogen-bond donors (Lipinski definition) is 1. The topological polar surface area (TPSA) is 97.4 Å². The maximum absolute atomic E-state index is 13.0. The van der Waals surface area contributed by atoms with Gasteiger partial charge in [0, 0.05) is 32.2 Å². The van der Waals surface area contributed by atoms with Gasteiger partial charge in [0.25, 0.3) is 0 Å². The van der Waals surface area contributed by atoms with Crippen LogP contribution in [-0.2, 0) is 21.4 Å². The molecular formula is C23H31N3O6S. The summed E-state index contributed by atoms with van der Waals surface area (Å²) in [6.45, 7) is 0.656. The highest BCUT2D eigenvalue weighted by atomic mass is 32.2. The third kappa shape index (κ3) is 5.95. The highest BCUT2D eigenvalue weighted by molar-refractivity contribution is 7.89. The van der Waals surface area contributed by atoms with Crippen LogP contribution in [0.25, 0.3) is 0 Å². The molecule has 180 valence electrons. The molecule has 0 heterocycles. The van der Waals surface area contributed by atoms with Crippen molar-refractivity contribution in [2.75, 3.05) is 47.3 Å². The molecule has 1 fully saturated rings. The van der Waals surface area contributed by atoms with Gasteiger partial charge in [0.1, 0.15) is 17.2 Å². The van der Waals surface area contributed by atoms with Gasteiger partial charge in [-0.05, 0) is 49.2 Å². The summed E-state index contributed by atoms with van der Waals surface area (Å²) >= 11 is 0. The lowest BCUT2D eigenvalue weighted by molar-refractivity contribution is -0.117. The van der Waals surface area contributed by atoms with E-state index in [0.717, 1.165) is 34.2 Å². The summed E-state index contributed by atoms with van der Waals surface area (Å²) in [6.07, 6.45) is 2.03. The van der Waals surface area contributed by atoms with Crippen LogP contribution >= 0.6 is 0 Å². The van der Waals surface area contributed by atoms with Gasteiger partial charge < -0.3 is 19.5 Å². The van der Waals surface area contributed by atoms with Crippen LogP contribution < -0.4 is 19.5 Å². The van der Waals surface area contributed by atoms with Crippen LogP contribution in [0.4, 0.5) is 5.69 Å². The number of nitrogens with zero attached hydrogens (tertiary/aromatic N) is 2. The first-order chi connectivity index (χ1) is 15.7. The van der Waals surface area contributed by atoms with Gasteiger partial charge in [0.05, 0.1) is 38.5 Å². The minimum absolute atomic E-state index is 0.0729. The zero-order chi connectivity index (χ0) is 24.2. The number of hydrogen-bond acceptors (Lipinski definition) is 7. The number of amides is 1. The van der Waals surface area contributed by atoms with Crippen LogP contribution in [0, 0.1) is 0 Å². The van der Waals surface area contributed by atoms with Gasteiger partial charge in [-0.1, -0.05) is 0 Å². The van der Waals surface area contributed by atoms with E-state index in [-0.39, 0.29) is 17.3 Å². The molecule has 2 aromatic rings. The third-order valence-corrected chi connectivity index (χ3v) is 7.31. The molecule has 0 bridgehead atoms. The predicted octanol–water partition coefficient (Wildman–Crippen LogP) is 2.57. The van der Waals surface area contributed by atoms with E-state index in [4.69, 9.17) is 14.2 Å². The van der Waals surface area contributed by atoms with Gasteiger partial charge in [-0.25, -0.2) is 12.7 Å². The number of anilines is 1. The van der Waals surface area contributed by atoms with Gasteiger partial charge >= 0.3 is 0 Å². The van der Waals surface area contributed by atoms with Crippen molar-refractivity contribution in [3.8, 4) is 17.2 Å². The second-order valence-electron chi connectivity index (χ2n) is 8.01. The van der Waals surface area contributed by atoms with Gasteiger partial charge in [0.2, 0.25) is 15.9 Å². The molecule has 0 atom stereocenters. The standard InChI is InChI=1S/C23H31N3O6S/c1-25(2)33(28,29)19-9-11-22(32-5)20(13-19)24-23(27)15-26(17-6-7-17)14-16-12-18(30-3)8-10-21(16)31-4/h8-13,17H,6-7,14-15H2,1-5H3,(H,24,27). The maximum atomic E-state index is 13.0. The smallest absolute Gasteiger partial charge is 0.242 e. The molecular weight excluding hydrogens is 446 g/mol. The van der Waals surface area contributed by atoms with Crippen LogP contribution in [0.15, 0.2) is 41.3 Å². The Bertz CT molecular complexity index is 1100. The molecule has 33 heavy (non-hydrogen) atoms. The Morgan fingerprint density at radius 2 is 1.67 bits per heavy atom. The lowest BCUT2D eigenvalue weighted by Gasteiger charge is -2.23. The van der Waals surface area contributed by atoms with Crippen molar-refractivity contribution in [2.45, 2.75) is 30.3 Å². The number of benzene rings is 2. The lowest BCUT2D eigenvalue weighted by Crippen LogP contribution is -2.34. The monoisotopic (exact) mass is 477 g/mol. The molecule has 10 heteroatoms. The Labute approximate surface area is 195 Å². The van der Waals surface area contributed by atoms with Crippen molar-refractivity contribution >= 4 is 21.6 Å². The Hall–Kier alpha value is -2.82. The molecule has 0 aliphatic heterocycles. The normalized spacial score (nSPS) is 13.8. The van der Waals surface area contributed by atoms with Crippen molar-refractivity contribution in [3.05, 3.63) is 42.0 Å². The fourth-order valence-corrected chi connectivity index (χ4v) is 4.44. The van der Waals surface area contributed by atoms with Crippen molar-refractivity contribution in [3.63, 3.8) is 0 Å². The van der Waals surface area contributed by atoms with Crippen LogP contribution in [0.5, 0.6) is 17.2 Å². The van der Waals surface area contributed by atoms with Crippen LogP contribution in [0.1, 0.15) is 18.4 Å². The predicted molar refractivity (Wildman–Crippen MR) is 125 cm³/mol. The molecule has 9 nitrogen and oxygen atoms in total. The van der Waals surface area contributed by atoms with E-state index in [9.17, 15) is 13.2 Å². The highest BCUT2D eigenvalue weighted by Crippen LogP contribution is 2.32. The molecule has 3 rings (SSSR count). The summed E-state index contributed by atoms with van der Waals surface area (Å²) in [6, 6.07) is 10.3. The van der Waals surface area contributed by atoms with Crippen molar-refractivity contribution < 1.29 is 27.4 Å². The van der Waals surface area contributed by atoms with Crippen LogP contribution in [0.2, 0.25) is 0 Å². The van der Waals surface area contributed by atoms with Crippen LogP contribution in [0.3, 0.4) is 0 Å². The van der Waals surface area contributed by atoms with E-state index in [1.54, 1.807) is 14.2 Å². The largest absolute Gasteiger partial charge is 0.497 e. The van der Waals surface area contributed by atoms with Gasteiger partial charge in [-0.15, -0.1) is 0 Å². The average molecular weight is 478 g/mol. The summed E-state index contributed by atoms with van der Waals surface area (Å²) in [5.41, 5.74) is 1.23. The summed E-state index contributed by atoms with van der Waals surface area (Å²) in [4.78, 5) is 15.1. The van der Waals surface area contributed by atoms with E-state index in [2.05, 4.69) is 10.2 Å². The zero-order valence-electron chi connectivity index (χ0n) is 19.6. The first-order valence-electron chi connectivity index (χ1n) is 10.5. The SMILES string of the molecule is COc1ccc(OC)c(CN(CC(=O)Nc2cc(S(=O)(=O)N(C)C)ccc2OC)C2CC2)c1. The van der Waals surface area contributed by atoms with Gasteiger partial charge in [-0.3, -0.25) is 9.69 Å². The number of nitrogens with one attached hydrogen (secondary N) is 1. The molecule has 1 amide bonds. The quantitative estimate of drug-likeness (QED) is 0.531. The van der Waals surface area contributed by atoms with Crippen molar-refractivity contribution in [2.24, 2.45) is 0 Å². The first-order valence-corrected chi connectivity index (χ1v) is 12.0. The maximum Gasteiger partial charge on any atom is 0.242 e. The lowest BCUT2D eigenvalue weighted by atomic mass is 10.1. The van der Waals surface area contributed by atoms with E-state index in [1.165, 1.54) is 39.4 Å². The number of carbonyl (C=O) groups is 1. The Morgan fingerprint density at radius 3 is 2.24 bits per heavy atom. The third-order valence-electron chi connectivity index (χ3n) is 5.49. The Balaban J connectivity index is 1.79. The number of carbonyl (C=O) groups excluding carboxylic acids is 1. The summed E-state index contributed by atoms with van der Waals surface area (Å²) < 4.78 is 42.3. The van der Waals surface area contributed by atoms with Crippen molar-refractivity contribution in [1.29, 1.82) is 0 Å². The van der Waals surface area contributed by atoms with E-state index < -0.39 is 10.0 Å². The van der Waals surface area contributed by atoms with E-state index >= 15 is 0 Å². The molecule has 1 aliphatic rings. The van der Waals surface area contributed by atoms with Gasteiger partial charge in [0.15, 0.2) is 0 Å². The molecule has 0 unspecified atom stereocenters. The van der Waals surface area contributed by atoms with Crippen molar-refractivity contribution in [1.82, 2.24) is 9.21 Å². The fraction of sp³-hybridized carbons (Fsp3) is 0.435. The number of rotatable bonds is 11. The van der Waals surface area contributed by atoms with E-state index in [1.807, 2.05) is 18.2 Å². The second kappa shape index (κ2) is 10.4. The summed E-state index contributed by atoms with van der Waals surface area (Å²) in [5, 5.41) is 2.82. The first kappa shape index (κ1) is 24.8. The summed E-state index contributed by atoms with van der Waals surface area (Å²) in [5.74, 6) is 1.56. The number of ether oxygens (including phenoxy) is 3. The fourth-order valence-electron chi connectivity index (χ4n) is 3.51. The molecule has 0 saturated heterocycles. The Kier molecular flexibility index (Phi) is 7.83. The molecule has 1 aliphatic carbocycles.